The summed E-state index contributed by atoms with van der Waals surface area (Å²) >= 11 is 1.33. The Kier molecular flexibility index (Phi) is 5.28. The van der Waals surface area contributed by atoms with Crippen LogP contribution in [-0.2, 0) is 0 Å². The van der Waals surface area contributed by atoms with Gasteiger partial charge in [0, 0.05) is 18.0 Å². The summed E-state index contributed by atoms with van der Waals surface area (Å²) in [6.07, 6.45) is 4.78. The minimum atomic E-state index is -0.415. The number of nitrogens with zero attached hydrogens (tertiary/aromatic N) is 2. The highest BCUT2D eigenvalue weighted by molar-refractivity contribution is 7.12. The number of aromatic nitrogens is 1. The maximum atomic E-state index is 12.3. The zero-order valence-electron chi connectivity index (χ0n) is 13.0. The van der Waals surface area contributed by atoms with E-state index in [1.165, 1.54) is 17.6 Å². The summed E-state index contributed by atoms with van der Waals surface area (Å²) in [4.78, 5) is 29.0. The lowest BCUT2D eigenvalue weighted by atomic mass is 10.1. The quantitative estimate of drug-likeness (QED) is 0.548. The Bertz CT molecular complexity index is 892. The molecule has 2 amide bonds. The van der Waals surface area contributed by atoms with Gasteiger partial charge in [0.15, 0.2) is 0 Å². The van der Waals surface area contributed by atoms with Gasteiger partial charge in [-0.3, -0.25) is 14.6 Å². The van der Waals surface area contributed by atoms with Crippen molar-refractivity contribution in [2.75, 3.05) is 5.32 Å². The summed E-state index contributed by atoms with van der Waals surface area (Å²) in [6, 6.07) is 13.9. The number of anilines is 1. The molecule has 0 radical (unpaired) electrons. The predicted octanol–water partition coefficient (Wildman–Crippen LogP) is 3.16. The van der Waals surface area contributed by atoms with E-state index in [4.69, 9.17) is 0 Å². The fourth-order valence-corrected chi connectivity index (χ4v) is 2.68. The molecular formula is C18H14N4O2S. The number of pyridine rings is 1. The summed E-state index contributed by atoms with van der Waals surface area (Å²) in [5.41, 5.74) is 3.97. The number of benzene rings is 1. The van der Waals surface area contributed by atoms with E-state index >= 15 is 0 Å². The number of hydrogen-bond donors (Lipinski definition) is 2. The maximum absolute atomic E-state index is 12.3. The molecule has 3 aromatic rings. The number of hydrogen-bond acceptors (Lipinski definition) is 5. The van der Waals surface area contributed by atoms with Gasteiger partial charge in [0.2, 0.25) is 0 Å². The van der Waals surface area contributed by atoms with Crippen LogP contribution in [0.5, 0.6) is 0 Å². The molecule has 25 heavy (non-hydrogen) atoms. The summed E-state index contributed by atoms with van der Waals surface area (Å²) in [5.74, 6) is -0.670. The van der Waals surface area contributed by atoms with Crippen molar-refractivity contribution in [3.8, 4) is 0 Å². The second kappa shape index (κ2) is 7.98. The average molecular weight is 350 g/mol. The first kappa shape index (κ1) is 16.5. The molecular weight excluding hydrogens is 336 g/mol. The van der Waals surface area contributed by atoms with E-state index in [0.29, 0.717) is 16.1 Å². The largest absolute Gasteiger partial charge is 0.321 e. The molecule has 0 bridgehead atoms. The molecule has 6 nitrogen and oxygen atoms in total. The summed E-state index contributed by atoms with van der Waals surface area (Å²) in [7, 11) is 0. The maximum Gasteiger partial charge on any atom is 0.273 e. The summed E-state index contributed by atoms with van der Waals surface area (Å²) < 4.78 is 0. The third-order valence-electron chi connectivity index (χ3n) is 3.23. The Morgan fingerprint density at radius 1 is 1.04 bits per heavy atom. The van der Waals surface area contributed by atoms with Crippen molar-refractivity contribution < 1.29 is 9.59 Å². The van der Waals surface area contributed by atoms with Crippen LogP contribution in [-0.4, -0.2) is 23.0 Å². The highest BCUT2D eigenvalue weighted by atomic mass is 32.1. The predicted molar refractivity (Wildman–Crippen MR) is 98.0 cm³/mol. The number of hydrazone groups is 1. The number of thiophene rings is 1. The van der Waals surface area contributed by atoms with Crippen LogP contribution in [0.1, 0.15) is 25.6 Å². The van der Waals surface area contributed by atoms with Gasteiger partial charge in [-0.25, -0.2) is 5.43 Å². The number of nitrogens with one attached hydrogen (secondary N) is 2. The standard InChI is InChI=1S/C18H14N4O2S/c23-17(22-20-12-13-5-3-9-19-11-13)14-6-1-2-7-15(14)21-18(24)16-8-4-10-25-16/h1-12H,(H,21,24)(H,22,23)/b20-12+. The molecule has 2 N–H and O–H groups in total. The lowest BCUT2D eigenvalue weighted by Gasteiger charge is -2.09. The first-order valence-corrected chi connectivity index (χ1v) is 8.29. The molecule has 0 fully saturated rings. The normalized spacial score (nSPS) is 10.6. The molecule has 0 atom stereocenters. The highest BCUT2D eigenvalue weighted by Gasteiger charge is 2.14. The number of para-hydroxylation sites is 1. The molecule has 7 heteroatoms. The molecule has 0 aliphatic carbocycles. The Labute approximate surface area is 148 Å². The van der Waals surface area contributed by atoms with Gasteiger partial charge in [-0.15, -0.1) is 11.3 Å². The van der Waals surface area contributed by atoms with E-state index in [-0.39, 0.29) is 5.91 Å². The van der Waals surface area contributed by atoms with Crippen molar-refractivity contribution in [1.29, 1.82) is 0 Å². The number of carbonyl (C=O) groups is 2. The van der Waals surface area contributed by atoms with Gasteiger partial charge in [0.25, 0.3) is 11.8 Å². The Morgan fingerprint density at radius 3 is 2.68 bits per heavy atom. The molecule has 124 valence electrons. The van der Waals surface area contributed by atoms with Gasteiger partial charge in [0.1, 0.15) is 0 Å². The minimum absolute atomic E-state index is 0.255. The fraction of sp³-hybridized carbons (Fsp3) is 0. The van der Waals surface area contributed by atoms with Crippen LogP contribution in [0.25, 0.3) is 0 Å². The molecule has 0 unspecified atom stereocenters. The van der Waals surface area contributed by atoms with E-state index in [0.717, 1.165) is 5.56 Å². The van der Waals surface area contributed by atoms with Crippen molar-refractivity contribution in [3.63, 3.8) is 0 Å². The third-order valence-corrected chi connectivity index (χ3v) is 4.10. The molecule has 2 aromatic heterocycles. The summed E-state index contributed by atoms with van der Waals surface area (Å²) in [6.45, 7) is 0. The van der Waals surface area contributed by atoms with Crippen LogP contribution in [0.15, 0.2) is 71.4 Å². The first-order valence-electron chi connectivity index (χ1n) is 7.41. The number of carbonyl (C=O) groups excluding carboxylic acids is 2. The zero-order chi connectivity index (χ0) is 17.5. The van der Waals surface area contributed by atoms with Crippen LogP contribution in [0.2, 0.25) is 0 Å². The third kappa shape index (κ3) is 4.36. The van der Waals surface area contributed by atoms with E-state index in [1.807, 2.05) is 11.4 Å². The van der Waals surface area contributed by atoms with Crippen LogP contribution in [0.3, 0.4) is 0 Å². The molecule has 3 rings (SSSR count). The highest BCUT2D eigenvalue weighted by Crippen LogP contribution is 2.17. The lowest BCUT2D eigenvalue weighted by molar-refractivity contribution is 0.0956. The first-order chi connectivity index (χ1) is 12.2. The summed E-state index contributed by atoms with van der Waals surface area (Å²) in [5, 5.41) is 8.48. The molecule has 0 saturated carbocycles. The molecule has 0 spiro atoms. The van der Waals surface area contributed by atoms with Gasteiger partial charge in [-0.05, 0) is 29.6 Å². The second-order valence-electron chi connectivity index (χ2n) is 4.96. The topological polar surface area (TPSA) is 83.5 Å². The van der Waals surface area contributed by atoms with E-state index in [2.05, 4.69) is 20.8 Å². The van der Waals surface area contributed by atoms with Gasteiger partial charge in [-0.2, -0.15) is 5.10 Å². The Balaban J connectivity index is 1.70. The minimum Gasteiger partial charge on any atom is -0.321 e. The van der Waals surface area contributed by atoms with Crippen molar-refractivity contribution in [2.45, 2.75) is 0 Å². The fourth-order valence-electron chi connectivity index (χ4n) is 2.06. The van der Waals surface area contributed by atoms with E-state index in [1.54, 1.807) is 54.9 Å². The lowest BCUT2D eigenvalue weighted by Crippen LogP contribution is -2.21. The van der Waals surface area contributed by atoms with Gasteiger partial charge < -0.3 is 5.32 Å². The van der Waals surface area contributed by atoms with E-state index in [9.17, 15) is 9.59 Å². The van der Waals surface area contributed by atoms with Crippen molar-refractivity contribution in [2.24, 2.45) is 5.10 Å². The second-order valence-corrected chi connectivity index (χ2v) is 5.91. The zero-order valence-corrected chi connectivity index (χ0v) is 13.9. The van der Waals surface area contributed by atoms with Crippen LogP contribution in [0, 0.1) is 0 Å². The van der Waals surface area contributed by atoms with E-state index < -0.39 is 5.91 Å². The number of rotatable bonds is 5. The van der Waals surface area contributed by atoms with Crippen LogP contribution in [0.4, 0.5) is 5.69 Å². The van der Waals surface area contributed by atoms with Crippen LogP contribution < -0.4 is 10.7 Å². The molecule has 2 heterocycles. The van der Waals surface area contributed by atoms with Gasteiger partial charge in [0.05, 0.1) is 22.3 Å². The molecule has 0 aliphatic rings. The van der Waals surface area contributed by atoms with Gasteiger partial charge >= 0.3 is 0 Å². The average Bonchev–Trinajstić information content (AvgIpc) is 3.18. The molecule has 1 aromatic carbocycles. The molecule has 0 saturated heterocycles. The molecule has 0 aliphatic heterocycles. The van der Waals surface area contributed by atoms with Crippen molar-refractivity contribution in [1.82, 2.24) is 10.4 Å². The van der Waals surface area contributed by atoms with Gasteiger partial charge in [-0.1, -0.05) is 24.3 Å². The van der Waals surface area contributed by atoms with Crippen LogP contribution >= 0.6 is 11.3 Å². The van der Waals surface area contributed by atoms with Crippen molar-refractivity contribution in [3.05, 3.63) is 82.3 Å². The monoisotopic (exact) mass is 350 g/mol. The van der Waals surface area contributed by atoms with Crippen molar-refractivity contribution >= 4 is 35.1 Å². The Morgan fingerprint density at radius 2 is 1.92 bits per heavy atom. The Hall–Kier alpha value is -3.32. The smallest absolute Gasteiger partial charge is 0.273 e. The number of amides is 2. The SMILES string of the molecule is O=C(Nc1ccccc1C(=O)N/N=C/c1cccnc1)c1cccs1.